The van der Waals surface area contributed by atoms with Crippen molar-refractivity contribution in [3.05, 3.63) is 24.3 Å². The van der Waals surface area contributed by atoms with Crippen LogP contribution < -0.4 is 7.53 Å². The van der Waals surface area contributed by atoms with Gasteiger partial charge in [-0.25, -0.2) is 0 Å². The normalized spacial score (nSPS) is 12.4. The van der Waals surface area contributed by atoms with E-state index in [0.717, 1.165) is 11.5 Å². The molecule has 0 saturated carbocycles. The van der Waals surface area contributed by atoms with Crippen LogP contribution in [0.15, 0.2) is 24.3 Å². The van der Waals surface area contributed by atoms with Gasteiger partial charge in [0.05, 0.1) is 0 Å². The molecule has 1 aromatic carbocycles. The standard InChI is InChI=1S/C12H22Ge2O2/c1-13(2,3)15-11-9-7-8-10-12(11)16-14(4,5)6/h7-10H,1-6H3. The van der Waals surface area contributed by atoms with E-state index >= 15 is 0 Å². The Bertz CT molecular complexity index is 316. The Kier molecular flexibility index (Phi) is 4.40. The van der Waals surface area contributed by atoms with E-state index in [2.05, 4.69) is 34.5 Å². The summed E-state index contributed by atoms with van der Waals surface area (Å²) in [5.74, 6) is 15.2. The van der Waals surface area contributed by atoms with Crippen LogP contribution in [0.4, 0.5) is 0 Å². The quantitative estimate of drug-likeness (QED) is 0.766. The minimum absolute atomic E-state index is 0.926. The van der Waals surface area contributed by atoms with E-state index in [-0.39, 0.29) is 0 Å². The third kappa shape index (κ3) is 5.30. The SMILES string of the molecule is [CH3][Ge]([CH3])([CH3])[O]c1ccccc1[O][Ge]([CH3])([CH3])[CH3]. The number of benzene rings is 1. The number of hydrogen-bond donors (Lipinski definition) is 0. The van der Waals surface area contributed by atoms with E-state index in [9.17, 15) is 0 Å². The van der Waals surface area contributed by atoms with Gasteiger partial charge in [-0.05, 0) is 0 Å². The maximum atomic E-state index is 6.07. The zero-order chi connectivity index (χ0) is 12.4. The van der Waals surface area contributed by atoms with Crippen LogP contribution in [0.2, 0.25) is 34.5 Å². The molecule has 0 amide bonds. The fraction of sp³-hybridized carbons (Fsp3) is 0.500. The second-order valence-corrected chi connectivity index (χ2v) is 24.5. The van der Waals surface area contributed by atoms with Crippen LogP contribution in [-0.4, -0.2) is 27.2 Å². The summed E-state index contributed by atoms with van der Waals surface area (Å²) in [7, 11) is 0. The minimum atomic E-state index is -2.04. The van der Waals surface area contributed by atoms with Crippen LogP contribution in [0.1, 0.15) is 0 Å². The van der Waals surface area contributed by atoms with E-state index in [0.29, 0.717) is 0 Å². The first kappa shape index (κ1) is 14.0. The van der Waals surface area contributed by atoms with Gasteiger partial charge in [0, 0.05) is 0 Å². The van der Waals surface area contributed by atoms with Gasteiger partial charge in [-0.15, -0.1) is 0 Å². The first-order chi connectivity index (χ1) is 7.17. The molecular formula is C12H22Ge2O2. The van der Waals surface area contributed by atoms with Crippen molar-refractivity contribution in [3.8, 4) is 11.5 Å². The Morgan fingerprint density at radius 2 is 1.00 bits per heavy atom. The average Bonchev–Trinajstić information content (AvgIpc) is 2.03. The summed E-state index contributed by atoms with van der Waals surface area (Å²) in [6.07, 6.45) is 0. The van der Waals surface area contributed by atoms with Gasteiger partial charge in [0.2, 0.25) is 0 Å². The molecule has 0 aliphatic rings. The van der Waals surface area contributed by atoms with Crippen molar-refractivity contribution in [2.75, 3.05) is 0 Å². The molecule has 0 aromatic heterocycles. The second-order valence-electron chi connectivity index (χ2n) is 5.88. The first-order valence-corrected chi connectivity index (χ1v) is 19.9. The van der Waals surface area contributed by atoms with Gasteiger partial charge in [0.15, 0.2) is 0 Å². The predicted octanol–water partition coefficient (Wildman–Crippen LogP) is 4.11. The number of hydrogen-bond acceptors (Lipinski definition) is 2. The molecule has 0 saturated heterocycles. The van der Waals surface area contributed by atoms with Gasteiger partial charge in [-0.1, -0.05) is 0 Å². The molecule has 0 N–H and O–H groups in total. The van der Waals surface area contributed by atoms with Crippen LogP contribution in [0.25, 0.3) is 0 Å². The summed E-state index contributed by atoms with van der Waals surface area (Å²) in [6, 6.07) is 8.04. The summed E-state index contributed by atoms with van der Waals surface area (Å²) in [5.41, 5.74) is 0. The third-order valence-electron chi connectivity index (χ3n) is 1.68. The third-order valence-corrected chi connectivity index (χ3v) is 5.17. The van der Waals surface area contributed by atoms with Crippen molar-refractivity contribution in [1.82, 2.24) is 0 Å². The van der Waals surface area contributed by atoms with Crippen LogP contribution in [-0.2, 0) is 0 Å². The summed E-state index contributed by atoms with van der Waals surface area (Å²) in [4.78, 5) is 0. The maximum absolute atomic E-state index is 6.07. The molecule has 1 aromatic rings. The Morgan fingerprint density at radius 1 is 0.688 bits per heavy atom. The Morgan fingerprint density at radius 3 is 1.25 bits per heavy atom. The van der Waals surface area contributed by atoms with Crippen molar-refractivity contribution in [2.24, 2.45) is 0 Å². The van der Waals surface area contributed by atoms with Crippen molar-refractivity contribution in [2.45, 2.75) is 34.5 Å². The van der Waals surface area contributed by atoms with Crippen LogP contribution in [0, 0.1) is 0 Å². The first-order valence-electron chi connectivity index (χ1n) is 5.64. The number of para-hydroxylation sites is 2. The van der Waals surface area contributed by atoms with Crippen molar-refractivity contribution >= 4 is 27.2 Å². The van der Waals surface area contributed by atoms with Crippen molar-refractivity contribution < 1.29 is 7.53 Å². The molecule has 0 aliphatic heterocycles. The predicted molar refractivity (Wildman–Crippen MR) is 74.4 cm³/mol. The van der Waals surface area contributed by atoms with Gasteiger partial charge >= 0.3 is 105 Å². The van der Waals surface area contributed by atoms with Crippen LogP contribution >= 0.6 is 0 Å². The van der Waals surface area contributed by atoms with E-state index in [1.807, 2.05) is 24.3 Å². The van der Waals surface area contributed by atoms with Crippen molar-refractivity contribution in [3.63, 3.8) is 0 Å². The topological polar surface area (TPSA) is 18.5 Å². The second kappa shape index (κ2) is 5.04. The average molecular weight is 344 g/mol. The molecule has 1 rings (SSSR count). The summed E-state index contributed by atoms with van der Waals surface area (Å²) < 4.78 is 12.1. The Balaban J connectivity index is 2.92. The van der Waals surface area contributed by atoms with Gasteiger partial charge < -0.3 is 0 Å². The molecule has 0 spiro atoms. The molecule has 2 nitrogen and oxygen atoms in total. The molecule has 16 heavy (non-hydrogen) atoms. The van der Waals surface area contributed by atoms with E-state index in [4.69, 9.17) is 7.53 Å². The molecule has 0 radical (unpaired) electrons. The fourth-order valence-electron chi connectivity index (χ4n) is 1.28. The van der Waals surface area contributed by atoms with E-state index in [1.165, 1.54) is 0 Å². The molecule has 0 heterocycles. The molecule has 0 aliphatic carbocycles. The number of rotatable bonds is 4. The van der Waals surface area contributed by atoms with Gasteiger partial charge in [-0.2, -0.15) is 0 Å². The van der Waals surface area contributed by atoms with Crippen molar-refractivity contribution in [1.29, 1.82) is 0 Å². The molecule has 0 fully saturated rings. The van der Waals surface area contributed by atoms with E-state index in [1.54, 1.807) is 0 Å². The zero-order valence-electron chi connectivity index (χ0n) is 11.1. The zero-order valence-corrected chi connectivity index (χ0v) is 15.3. The summed E-state index contributed by atoms with van der Waals surface area (Å²) >= 11 is -4.09. The monoisotopic (exact) mass is 346 g/mol. The molecule has 4 heteroatoms. The van der Waals surface area contributed by atoms with E-state index < -0.39 is 27.2 Å². The molecule has 0 unspecified atom stereocenters. The van der Waals surface area contributed by atoms with Crippen LogP contribution in [0.3, 0.4) is 0 Å². The molecule has 0 bridgehead atoms. The fourth-order valence-corrected chi connectivity index (χ4v) is 4.75. The van der Waals surface area contributed by atoms with Crippen LogP contribution in [0.5, 0.6) is 11.5 Å². The molecule has 0 atom stereocenters. The summed E-state index contributed by atoms with van der Waals surface area (Å²) in [6.45, 7) is 0. The molecular weight excluding hydrogens is 321 g/mol. The van der Waals surface area contributed by atoms with Gasteiger partial charge in [0.25, 0.3) is 0 Å². The summed E-state index contributed by atoms with van der Waals surface area (Å²) in [5, 5.41) is 0. The van der Waals surface area contributed by atoms with Gasteiger partial charge in [-0.3, -0.25) is 0 Å². The van der Waals surface area contributed by atoms with Gasteiger partial charge in [0.1, 0.15) is 0 Å². The Hall–Kier alpha value is -0.0943. The molecule has 90 valence electrons. The Labute approximate surface area is 105 Å².